The number of hydrogen-bond donors (Lipinski definition) is 1. The van der Waals surface area contributed by atoms with Crippen LogP contribution in [0, 0.1) is 17.0 Å². The van der Waals surface area contributed by atoms with E-state index in [-0.39, 0.29) is 16.9 Å². The molecule has 1 aromatic rings. The number of carbonyl (C=O) groups is 1. The number of halogens is 2. The van der Waals surface area contributed by atoms with E-state index in [4.69, 9.17) is 5.73 Å². The van der Waals surface area contributed by atoms with Crippen molar-refractivity contribution in [1.29, 1.82) is 0 Å². The van der Waals surface area contributed by atoms with E-state index >= 15 is 0 Å². The van der Waals surface area contributed by atoms with E-state index in [1.807, 2.05) is 0 Å². The quantitative estimate of drug-likeness (QED) is 0.782. The van der Waals surface area contributed by atoms with E-state index < -0.39 is 17.3 Å². The number of anilines is 1. The summed E-state index contributed by atoms with van der Waals surface area (Å²) in [7, 11) is 0. The van der Waals surface area contributed by atoms with Gasteiger partial charge in [-0.2, -0.15) is 0 Å². The Morgan fingerprint density at radius 1 is 1.33 bits per heavy atom. The molecule has 0 aliphatic carbocycles. The Balaban J connectivity index is 2.25. The van der Waals surface area contributed by atoms with Crippen LogP contribution in [0.5, 0.6) is 0 Å². The Bertz CT molecular complexity index is 477. The molecule has 98 valence electrons. The molecule has 2 rings (SSSR count). The van der Waals surface area contributed by atoms with Gasteiger partial charge in [-0.1, -0.05) is 13.8 Å². The fraction of sp³-hybridized carbons (Fsp3) is 0.462. The fourth-order valence-corrected chi connectivity index (χ4v) is 2.18. The molecule has 0 radical (unpaired) electrons. The van der Waals surface area contributed by atoms with Crippen molar-refractivity contribution in [3.63, 3.8) is 0 Å². The summed E-state index contributed by atoms with van der Waals surface area (Å²) in [5, 5.41) is 0. The number of carbonyl (C=O) groups excluding carboxylic acids is 1. The largest absolute Gasteiger partial charge is 0.394 e. The second-order valence-electron chi connectivity index (χ2n) is 5.49. The van der Waals surface area contributed by atoms with Crippen molar-refractivity contribution < 1.29 is 13.6 Å². The van der Waals surface area contributed by atoms with Crippen molar-refractivity contribution in [2.45, 2.75) is 20.3 Å². The molecule has 1 heterocycles. The molecule has 1 aromatic carbocycles. The number of amides is 1. The van der Waals surface area contributed by atoms with Gasteiger partial charge in [0.2, 0.25) is 0 Å². The van der Waals surface area contributed by atoms with Crippen LogP contribution in [0.15, 0.2) is 12.1 Å². The number of likely N-dealkylation sites (tertiary alicyclic amines) is 1. The highest BCUT2D eigenvalue weighted by atomic mass is 19.1. The summed E-state index contributed by atoms with van der Waals surface area (Å²) in [5.41, 5.74) is 4.69. The zero-order valence-corrected chi connectivity index (χ0v) is 10.5. The number of nitrogen functional groups attached to an aromatic ring is 1. The van der Waals surface area contributed by atoms with Gasteiger partial charge in [-0.3, -0.25) is 4.79 Å². The van der Waals surface area contributed by atoms with Crippen molar-refractivity contribution in [2.24, 2.45) is 5.41 Å². The minimum absolute atomic E-state index is 0.0110. The summed E-state index contributed by atoms with van der Waals surface area (Å²) >= 11 is 0. The number of nitrogens with zero attached hydrogens (tertiary/aromatic N) is 1. The molecule has 1 fully saturated rings. The molecule has 2 N–H and O–H groups in total. The maximum absolute atomic E-state index is 13.3. The highest BCUT2D eigenvalue weighted by Crippen LogP contribution is 2.30. The second kappa shape index (κ2) is 4.23. The third kappa shape index (κ3) is 2.30. The lowest BCUT2D eigenvalue weighted by molar-refractivity contribution is 0.0777. The predicted octanol–water partition coefficient (Wildman–Crippen LogP) is 2.42. The van der Waals surface area contributed by atoms with Gasteiger partial charge in [0.05, 0.1) is 0 Å². The third-order valence-electron chi connectivity index (χ3n) is 3.29. The van der Waals surface area contributed by atoms with Crippen molar-refractivity contribution >= 4 is 11.6 Å². The lowest BCUT2D eigenvalue weighted by Crippen LogP contribution is -2.30. The topological polar surface area (TPSA) is 46.3 Å². The molecule has 0 aromatic heterocycles. The zero-order chi connectivity index (χ0) is 13.5. The smallest absolute Gasteiger partial charge is 0.254 e. The molecule has 1 saturated heterocycles. The molecule has 18 heavy (non-hydrogen) atoms. The second-order valence-corrected chi connectivity index (χ2v) is 5.49. The van der Waals surface area contributed by atoms with Gasteiger partial charge in [-0.25, -0.2) is 8.78 Å². The van der Waals surface area contributed by atoms with Crippen LogP contribution in [0.3, 0.4) is 0 Å². The molecule has 1 aliphatic rings. The monoisotopic (exact) mass is 254 g/mol. The average Bonchev–Trinajstić information content (AvgIpc) is 2.65. The summed E-state index contributed by atoms with van der Waals surface area (Å²) in [6.07, 6.45) is 0.888. The number of hydrogen-bond acceptors (Lipinski definition) is 2. The fourth-order valence-electron chi connectivity index (χ4n) is 2.18. The lowest BCUT2D eigenvalue weighted by atomic mass is 9.93. The third-order valence-corrected chi connectivity index (χ3v) is 3.29. The van der Waals surface area contributed by atoms with E-state index in [9.17, 15) is 13.6 Å². The van der Waals surface area contributed by atoms with Crippen LogP contribution >= 0.6 is 0 Å². The first-order valence-corrected chi connectivity index (χ1v) is 5.84. The van der Waals surface area contributed by atoms with Gasteiger partial charge in [-0.15, -0.1) is 0 Å². The van der Waals surface area contributed by atoms with Crippen molar-refractivity contribution in [2.75, 3.05) is 18.8 Å². The molecule has 1 amide bonds. The van der Waals surface area contributed by atoms with Crippen LogP contribution in [0.1, 0.15) is 30.6 Å². The SMILES string of the molecule is CC1(C)CCN(C(=O)c2cc(F)c(N)c(F)c2)C1. The molecular weight excluding hydrogens is 238 g/mol. The van der Waals surface area contributed by atoms with E-state index in [0.29, 0.717) is 13.1 Å². The highest BCUT2D eigenvalue weighted by molar-refractivity contribution is 5.94. The number of benzene rings is 1. The molecule has 0 spiro atoms. The van der Waals surface area contributed by atoms with Crippen LogP contribution in [0.4, 0.5) is 14.5 Å². The molecule has 0 unspecified atom stereocenters. The Labute approximate surface area is 105 Å². The summed E-state index contributed by atoms with van der Waals surface area (Å²) < 4.78 is 26.6. The summed E-state index contributed by atoms with van der Waals surface area (Å²) in [5.74, 6) is -2.13. The van der Waals surface area contributed by atoms with Gasteiger partial charge in [0, 0.05) is 18.7 Å². The van der Waals surface area contributed by atoms with Crippen LogP contribution in [-0.2, 0) is 0 Å². The maximum atomic E-state index is 13.3. The minimum Gasteiger partial charge on any atom is -0.394 e. The molecule has 0 atom stereocenters. The Morgan fingerprint density at radius 3 is 2.33 bits per heavy atom. The van der Waals surface area contributed by atoms with Crippen LogP contribution in [0.2, 0.25) is 0 Å². The first kappa shape index (κ1) is 12.8. The van der Waals surface area contributed by atoms with Crippen LogP contribution < -0.4 is 5.73 Å². The highest BCUT2D eigenvalue weighted by Gasteiger charge is 2.32. The van der Waals surface area contributed by atoms with Crippen LogP contribution in [0.25, 0.3) is 0 Å². The summed E-state index contributed by atoms with van der Waals surface area (Å²) in [4.78, 5) is 13.7. The maximum Gasteiger partial charge on any atom is 0.254 e. The summed E-state index contributed by atoms with van der Waals surface area (Å²) in [6.45, 7) is 5.33. The Morgan fingerprint density at radius 2 is 1.89 bits per heavy atom. The Hall–Kier alpha value is -1.65. The predicted molar refractivity (Wildman–Crippen MR) is 65.1 cm³/mol. The van der Waals surface area contributed by atoms with Gasteiger partial charge in [0.15, 0.2) is 0 Å². The van der Waals surface area contributed by atoms with Crippen molar-refractivity contribution in [3.8, 4) is 0 Å². The molecule has 3 nitrogen and oxygen atoms in total. The van der Waals surface area contributed by atoms with Crippen molar-refractivity contribution in [1.82, 2.24) is 4.90 Å². The molecule has 0 bridgehead atoms. The average molecular weight is 254 g/mol. The molecule has 5 heteroatoms. The van der Waals surface area contributed by atoms with Gasteiger partial charge >= 0.3 is 0 Å². The minimum atomic E-state index is -0.892. The van der Waals surface area contributed by atoms with E-state index in [1.54, 1.807) is 4.90 Å². The van der Waals surface area contributed by atoms with Crippen LogP contribution in [-0.4, -0.2) is 23.9 Å². The van der Waals surface area contributed by atoms with E-state index in [0.717, 1.165) is 18.6 Å². The Kier molecular flexibility index (Phi) is 3.00. The normalized spacial score (nSPS) is 18.1. The lowest BCUT2D eigenvalue weighted by Gasteiger charge is -2.20. The number of nitrogens with two attached hydrogens (primary N) is 1. The molecule has 0 saturated carbocycles. The molecular formula is C13H16F2N2O. The van der Waals surface area contributed by atoms with Gasteiger partial charge < -0.3 is 10.6 Å². The zero-order valence-electron chi connectivity index (χ0n) is 10.5. The standard InChI is InChI=1S/C13H16F2N2O/c1-13(2)3-4-17(7-13)12(18)8-5-9(14)11(16)10(15)6-8/h5-6H,3-4,7,16H2,1-2H3. The van der Waals surface area contributed by atoms with E-state index in [1.165, 1.54) is 0 Å². The van der Waals surface area contributed by atoms with Gasteiger partial charge in [0.1, 0.15) is 17.3 Å². The first-order valence-electron chi connectivity index (χ1n) is 5.84. The number of rotatable bonds is 1. The van der Waals surface area contributed by atoms with Crippen molar-refractivity contribution in [3.05, 3.63) is 29.3 Å². The van der Waals surface area contributed by atoms with E-state index in [2.05, 4.69) is 13.8 Å². The van der Waals surface area contributed by atoms with Gasteiger partial charge in [0.25, 0.3) is 5.91 Å². The molecule has 1 aliphatic heterocycles. The van der Waals surface area contributed by atoms with Gasteiger partial charge in [-0.05, 0) is 24.0 Å². The summed E-state index contributed by atoms with van der Waals surface area (Å²) in [6, 6.07) is 1.98. The first-order chi connectivity index (χ1) is 8.30.